The van der Waals surface area contributed by atoms with E-state index in [2.05, 4.69) is 17.6 Å². The van der Waals surface area contributed by atoms with Crippen LogP contribution in [0.2, 0.25) is 0 Å². The van der Waals surface area contributed by atoms with Crippen LogP contribution < -0.4 is 10.6 Å². The number of hydrogen-bond acceptors (Lipinski definition) is 3. The first-order valence-corrected chi connectivity index (χ1v) is 8.06. The predicted molar refractivity (Wildman–Crippen MR) is 93.8 cm³/mol. The van der Waals surface area contributed by atoms with Crippen molar-refractivity contribution in [3.8, 4) is 0 Å². The van der Waals surface area contributed by atoms with Crippen LogP contribution in [0.5, 0.6) is 0 Å². The summed E-state index contributed by atoms with van der Waals surface area (Å²) in [6.45, 7) is 5.98. The highest BCUT2D eigenvalue weighted by molar-refractivity contribution is 5.94. The molecule has 1 aromatic rings. The Morgan fingerprint density at radius 3 is 2.52 bits per heavy atom. The molecule has 0 unspecified atom stereocenters. The fourth-order valence-electron chi connectivity index (χ4n) is 2.52. The first kappa shape index (κ1) is 19.5. The molecule has 5 nitrogen and oxygen atoms in total. The van der Waals surface area contributed by atoms with Gasteiger partial charge in [-0.2, -0.15) is 0 Å². The molecule has 2 rings (SSSR count). The van der Waals surface area contributed by atoms with E-state index >= 15 is 0 Å². The molecule has 0 aromatic heterocycles. The molecule has 6 heteroatoms. The van der Waals surface area contributed by atoms with Gasteiger partial charge in [-0.05, 0) is 37.1 Å². The maximum atomic E-state index is 12.0. The minimum atomic E-state index is -0.0536. The lowest BCUT2D eigenvalue weighted by atomic mass is 10.1. The summed E-state index contributed by atoms with van der Waals surface area (Å²) in [5.41, 5.74) is 1.73. The standard InChI is InChI=1S/C17H25N3O2.ClH/c1-2-9-18-10-11-19-17(22)15-7-5-14(6-8-15)13-20-12-3-4-16(20)21;/h5-8,18H,2-4,9-13H2,1H3,(H,19,22);1H. The fraction of sp³-hybridized carbons (Fsp3) is 0.529. The number of carbonyl (C=O) groups is 2. The predicted octanol–water partition coefficient (Wildman–Crippen LogP) is 1.96. The van der Waals surface area contributed by atoms with Gasteiger partial charge in [0.2, 0.25) is 5.91 Å². The third kappa shape index (κ3) is 6.20. The number of benzene rings is 1. The third-order valence-electron chi connectivity index (χ3n) is 3.78. The number of likely N-dealkylation sites (tertiary alicyclic amines) is 1. The van der Waals surface area contributed by atoms with Crippen molar-refractivity contribution >= 4 is 24.2 Å². The van der Waals surface area contributed by atoms with Crippen molar-refractivity contribution in [1.82, 2.24) is 15.5 Å². The average molecular weight is 340 g/mol. The van der Waals surface area contributed by atoms with Crippen molar-refractivity contribution in [3.05, 3.63) is 35.4 Å². The summed E-state index contributed by atoms with van der Waals surface area (Å²) >= 11 is 0. The van der Waals surface area contributed by atoms with Crippen molar-refractivity contribution < 1.29 is 9.59 Å². The van der Waals surface area contributed by atoms with Gasteiger partial charge in [0.1, 0.15) is 0 Å². The molecule has 0 radical (unpaired) electrons. The van der Waals surface area contributed by atoms with E-state index in [0.717, 1.165) is 38.0 Å². The Morgan fingerprint density at radius 1 is 1.17 bits per heavy atom. The number of amides is 2. The van der Waals surface area contributed by atoms with Crippen LogP contribution in [0.15, 0.2) is 24.3 Å². The van der Waals surface area contributed by atoms with Crippen LogP contribution in [-0.4, -0.2) is 42.9 Å². The summed E-state index contributed by atoms with van der Waals surface area (Å²) in [4.78, 5) is 25.5. The zero-order valence-corrected chi connectivity index (χ0v) is 14.5. The molecule has 23 heavy (non-hydrogen) atoms. The Balaban J connectivity index is 0.00000264. The Kier molecular flexibility index (Phi) is 8.66. The van der Waals surface area contributed by atoms with Gasteiger partial charge in [-0.1, -0.05) is 19.1 Å². The highest BCUT2D eigenvalue weighted by atomic mass is 35.5. The van der Waals surface area contributed by atoms with Crippen molar-refractivity contribution in [3.63, 3.8) is 0 Å². The number of carbonyl (C=O) groups excluding carboxylic acids is 2. The van der Waals surface area contributed by atoms with Crippen molar-refractivity contribution in [2.45, 2.75) is 32.7 Å². The van der Waals surface area contributed by atoms with Gasteiger partial charge < -0.3 is 15.5 Å². The summed E-state index contributed by atoms with van der Waals surface area (Å²) in [5.74, 6) is 0.170. The molecule has 0 saturated carbocycles. The number of rotatable bonds is 8. The van der Waals surface area contributed by atoms with Crippen LogP contribution >= 0.6 is 12.4 Å². The summed E-state index contributed by atoms with van der Waals surface area (Å²) in [7, 11) is 0. The highest BCUT2D eigenvalue weighted by Crippen LogP contribution is 2.14. The summed E-state index contributed by atoms with van der Waals surface area (Å²) in [6.07, 6.45) is 2.70. The molecule has 1 aliphatic heterocycles. The lowest BCUT2D eigenvalue weighted by molar-refractivity contribution is -0.128. The normalized spacial score (nSPS) is 13.8. The number of hydrogen-bond donors (Lipinski definition) is 2. The van der Waals surface area contributed by atoms with Crippen LogP contribution in [0.3, 0.4) is 0 Å². The maximum absolute atomic E-state index is 12.0. The molecule has 2 amide bonds. The minimum Gasteiger partial charge on any atom is -0.351 e. The second-order valence-electron chi connectivity index (χ2n) is 5.62. The summed E-state index contributed by atoms with van der Waals surface area (Å²) < 4.78 is 0. The van der Waals surface area contributed by atoms with Gasteiger partial charge in [-0.3, -0.25) is 9.59 Å². The largest absolute Gasteiger partial charge is 0.351 e. The molecule has 1 heterocycles. The molecule has 2 N–H and O–H groups in total. The Labute approximate surface area is 144 Å². The quantitative estimate of drug-likeness (QED) is 0.712. The maximum Gasteiger partial charge on any atom is 0.251 e. The Morgan fingerprint density at radius 2 is 1.91 bits per heavy atom. The molecule has 0 aliphatic carbocycles. The lowest BCUT2D eigenvalue weighted by Crippen LogP contribution is -2.32. The number of halogens is 1. The third-order valence-corrected chi connectivity index (χ3v) is 3.78. The molecular formula is C17H26ClN3O2. The van der Waals surface area contributed by atoms with E-state index in [1.54, 1.807) is 0 Å². The van der Waals surface area contributed by atoms with E-state index in [9.17, 15) is 9.59 Å². The van der Waals surface area contributed by atoms with Gasteiger partial charge in [0.05, 0.1) is 0 Å². The summed E-state index contributed by atoms with van der Waals surface area (Å²) in [5, 5.41) is 6.13. The van der Waals surface area contributed by atoms with Crippen LogP contribution in [0.25, 0.3) is 0 Å². The molecule has 1 aliphatic rings. The number of nitrogens with zero attached hydrogens (tertiary/aromatic N) is 1. The van der Waals surface area contributed by atoms with Gasteiger partial charge in [-0.15, -0.1) is 12.4 Å². The summed E-state index contributed by atoms with van der Waals surface area (Å²) in [6, 6.07) is 7.50. The van der Waals surface area contributed by atoms with Crippen molar-refractivity contribution in [2.24, 2.45) is 0 Å². The molecule has 0 bridgehead atoms. The van der Waals surface area contributed by atoms with E-state index in [-0.39, 0.29) is 24.2 Å². The van der Waals surface area contributed by atoms with E-state index in [0.29, 0.717) is 25.1 Å². The first-order chi connectivity index (χ1) is 10.7. The zero-order valence-electron chi connectivity index (χ0n) is 13.6. The Hall–Kier alpha value is -1.59. The SMILES string of the molecule is CCCNCCNC(=O)c1ccc(CN2CCCC2=O)cc1.Cl. The van der Waals surface area contributed by atoms with E-state index in [1.165, 1.54) is 0 Å². The second-order valence-corrected chi connectivity index (χ2v) is 5.62. The van der Waals surface area contributed by atoms with Gasteiger partial charge in [0.15, 0.2) is 0 Å². The fourth-order valence-corrected chi connectivity index (χ4v) is 2.52. The van der Waals surface area contributed by atoms with Gasteiger partial charge in [-0.25, -0.2) is 0 Å². The monoisotopic (exact) mass is 339 g/mol. The topological polar surface area (TPSA) is 61.4 Å². The van der Waals surface area contributed by atoms with E-state index in [1.807, 2.05) is 29.2 Å². The first-order valence-electron chi connectivity index (χ1n) is 8.06. The molecule has 1 fully saturated rings. The van der Waals surface area contributed by atoms with Crippen LogP contribution in [-0.2, 0) is 11.3 Å². The van der Waals surface area contributed by atoms with Crippen molar-refractivity contribution in [2.75, 3.05) is 26.2 Å². The molecular weight excluding hydrogens is 314 g/mol. The zero-order chi connectivity index (χ0) is 15.8. The number of nitrogens with one attached hydrogen (secondary N) is 2. The van der Waals surface area contributed by atoms with E-state index in [4.69, 9.17) is 0 Å². The second kappa shape index (κ2) is 10.2. The highest BCUT2D eigenvalue weighted by Gasteiger charge is 2.19. The molecule has 0 atom stereocenters. The lowest BCUT2D eigenvalue weighted by Gasteiger charge is -2.15. The van der Waals surface area contributed by atoms with Gasteiger partial charge in [0.25, 0.3) is 5.91 Å². The van der Waals surface area contributed by atoms with Crippen LogP contribution in [0.4, 0.5) is 0 Å². The van der Waals surface area contributed by atoms with Crippen LogP contribution in [0.1, 0.15) is 42.1 Å². The average Bonchev–Trinajstić information content (AvgIpc) is 2.93. The molecule has 0 spiro atoms. The molecule has 1 aromatic carbocycles. The van der Waals surface area contributed by atoms with Gasteiger partial charge in [0, 0.05) is 38.2 Å². The molecule has 128 valence electrons. The van der Waals surface area contributed by atoms with Gasteiger partial charge >= 0.3 is 0 Å². The van der Waals surface area contributed by atoms with E-state index < -0.39 is 0 Å². The smallest absolute Gasteiger partial charge is 0.251 e. The minimum absolute atomic E-state index is 0. The van der Waals surface area contributed by atoms with Crippen molar-refractivity contribution in [1.29, 1.82) is 0 Å². The Bertz CT molecular complexity index is 505. The van der Waals surface area contributed by atoms with Crippen LogP contribution in [0, 0.1) is 0 Å². The molecule has 1 saturated heterocycles.